The number of hydrogen-bond acceptors (Lipinski definition) is 2. The summed E-state index contributed by atoms with van der Waals surface area (Å²) in [5.74, 6) is 0.606. The third-order valence-electron chi connectivity index (χ3n) is 2.22. The third-order valence-corrected chi connectivity index (χ3v) is 2.22. The zero-order valence-corrected chi connectivity index (χ0v) is 5.71. The Bertz CT molecular complexity index is 85.0. The predicted octanol–water partition coefficient (Wildman–Crippen LogP) is 0.496. The van der Waals surface area contributed by atoms with Crippen molar-refractivity contribution in [3.05, 3.63) is 0 Å². The number of aliphatic hydroxyl groups excluding tert-OH is 1. The van der Waals surface area contributed by atoms with Crippen molar-refractivity contribution in [2.24, 2.45) is 11.7 Å². The highest BCUT2D eigenvalue weighted by Gasteiger charge is 2.22. The molecule has 0 saturated heterocycles. The summed E-state index contributed by atoms with van der Waals surface area (Å²) in [4.78, 5) is 0. The van der Waals surface area contributed by atoms with Crippen LogP contribution >= 0.6 is 0 Å². The molecule has 0 heterocycles. The van der Waals surface area contributed by atoms with Crippen molar-refractivity contribution in [2.75, 3.05) is 6.61 Å². The molecular weight excluding hydrogens is 114 g/mol. The zero-order valence-electron chi connectivity index (χ0n) is 5.71. The van der Waals surface area contributed by atoms with Gasteiger partial charge in [-0.2, -0.15) is 0 Å². The molecule has 1 aliphatic carbocycles. The summed E-state index contributed by atoms with van der Waals surface area (Å²) >= 11 is 0. The van der Waals surface area contributed by atoms with Crippen molar-refractivity contribution in [1.82, 2.24) is 0 Å². The topological polar surface area (TPSA) is 46.2 Å². The maximum atomic E-state index is 8.59. The minimum absolute atomic E-state index is 0.304. The molecule has 0 aliphatic heterocycles. The first kappa shape index (κ1) is 7.03. The molecule has 0 amide bonds. The molecule has 0 spiro atoms. The molecule has 1 saturated carbocycles. The minimum Gasteiger partial charge on any atom is -0.396 e. The van der Waals surface area contributed by atoms with Gasteiger partial charge in [0.15, 0.2) is 0 Å². The van der Waals surface area contributed by atoms with Gasteiger partial charge in [0.25, 0.3) is 0 Å². The zero-order chi connectivity index (χ0) is 6.69. The van der Waals surface area contributed by atoms with Crippen LogP contribution in [0.5, 0.6) is 0 Å². The Hall–Kier alpha value is -0.0800. The van der Waals surface area contributed by atoms with Gasteiger partial charge < -0.3 is 10.8 Å². The molecule has 3 N–H and O–H groups in total. The Kier molecular flexibility index (Phi) is 2.49. The van der Waals surface area contributed by atoms with E-state index in [4.69, 9.17) is 10.8 Å². The van der Waals surface area contributed by atoms with E-state index in [9.17, 15) is 0 Å². The highest BCUT2D eigenvalue weighted by Crippen LogP contribution is 2.25. The Morgan fingerprint density at radius 2 is 2.22 bits per heavy atom. The summed E-state index contributed by atoms with van der Waals surface area (Å²) < 4.78 is 0. The highest BCUT2D eigenvalue weighted by molar-refractivity contribution is 4.79. The Balaban J connectivity index is 2.22. The van der Waals surface area contributed by atoms with Gasteiger partial charge in [0, 0.05) is 12.6 Å². The van der Waals surface area contributed by atoms with Crippen LogP contribution in [-0.4, -0.2) is 17.8 Å². The maximum Gasteiger partial charge on any atom is 0.0434 e. The number of hydrogen-bond donors (Lipinski definition) is 2. The summed E-state index contributed by atoms with van der Waals surface area (Å²) in [6.07, 6.45) is 4.54. The largest absolute Gasteiger partial charge is 0.396 e. The SMILES string of the molecule is N[C@H]1CCC[C@@H]1CCO. The molecule has 54 valence electrons. The molecule has 2 nitrogen and oxygen atoms in total. The van der Waals surface area contributed by atoms with Crippen LogP contribution in [0.2, 0.25) is 0 Å². The van der Waals surface area contributed by atoms with Gasteiger partial charge in [-0.3, -0.25) is 0 Å². The molecule has 0 bridgehead atoms. The van der Waals surface area contributed by atoms with Gasteiger partial charge in [0.05, 0.1) is 0 Å². The first-order valence-electron chi connectivity index (χ1n) is 3.71. The van der Waals surface area contributed by atoms with Crippen molar-refractivity contribution in [3.8, 4) is 0 Å². The van der Waals surface area contributed by atoms with Gasteiger partial charge in [-0.25, -0.2) is 0 Å². The van der Waals surface area contributed by atoms with Crippen LogP contribution in [-0.2, 0) is 0 Å². The molecule has 9 heavy (non-hydrogen) atoms. The third kappa shape index (κ3) is 1.66. The Morgan fingerprint density at radius 3 is 2.67 bits per heavy atom. The molecule has 0 aromatic carbocycles. The standard InChI is InChI=1S/C7H15NO/c8-7-3-1-2-6(7)4-5-9/h6-7,9H,1-5,8H2/t6-,7+/m1/s1. The average Bonchev–Trinajstić information content (AvgIpc) is 2.18. The van der Waals surface area contributed by atoms with Crippen LogP contribution in [0.25, 0.3) is 0 Å². The van der Waals surface area contributed by atoms with Gasteiger partial charge >= 0.3 is 0 Å². The van der Waals surface area contributed by atoms with Crippen LogP contribution in [0.4, 0.5) is 0 Å². The average molecular weight is 129 g/mol. The lowest BCUT2D eigenvalue weighted by Gasteiger charge is -2.12. The summed E-state index contributed by atoms with van der Waals surface area (Å²) in [5.41, 5.74) is 5.75. The van der Waals surface area contributed by atoms with Crippen LogP contribution in [0.1, 0.15) is 25.7 Å². The lowest BCUT2D eigenvalue weighted by atomic mass is 10.0. The van der Waals surface area contributed by atoms with Gasteiger partial charge in [-0.15, -0.1) is 0 Å². The quantitative estimate of drug-likeness (QED) is 0.570. The first-order valence-corrected chi connectivity index (χ1v) is 3.71. The molecular formula is C7H15NO. The molecule has 0 aromatic heterocycles. The van der Waals surface area contributed by atoms with Gasteiger partial charge in [0.1, 0.15) is 0 Å². The van der Waals surface area contributed by atoms with E-state index in [-0.39, 0.29) is 0 Å². The van der Waals surface area contributed by atoms with Crippen molar-refractivity contribution in [1.29, 1.82) is 0 Å². The van der Waals surface area contributed by atoms with E-state index in [1.54, 1.807) is 0 Å². The second kappa shape index (κ2) is 3.18. The molecule has 2 heteroatoms. The predicted molar refractivity (Wildman–Crippen MR) is 37.0 cm³/mol. The molecule has 1 aliphatic rings. The van der Waals surface area contributed by atoms with Crippen LogP contribution in [0, 0.1) is 5.92 Å². The molecule has 1 rings (SSSR count). The second-order valence-electron chi connectivity index (χ2n) is 2.87. The number of aliphatic hydroxyl groups is 1. The molecule has 0 radical (unpaired) electrons. The van der Waals surface area contributed by atoms with Crippen molar-refractivity contribution in [3.63, 3.8) is 0 Å². The van der Waals surface area contributed by atoms with E-state index in [2.05, 4.69) is 0 Å². The fourth-order valence-electron chi connectivity index (χ4n) is 1.59. The minimum atomic E-state index is 0.304. The summed E-state index contributed by atoms with van der Waals surface area (Å²) in [7, 11) is 0. The van der Waals surface area contributed by atoms with E-state index >= 15 is 0 Å². The van der Waals surface area contributed by atoms with E-state index < -0.39 is 0 Å². The van der Waals surface area contributed by atoms with Gasteiger partial charge in [-0.05, 0) is 25.2 Å². The van der Waals surface area contributed by atoms with E-state index in [0.717, 1.165) is 12.8 Å². The summed E-state index contributed by atoms with van der Waals surface area (Å²) in [6.45, 7) is 0.304. The van der Waals surface area contributed by atoms with Gasteiger partial charge in [-0.1, -0.05) is 6.42 Å². The van der Waals surface area contributed by atoms with Crippen molar-refractivity contribution < 1.29 is 5.11 Å². The van der Waals surface area contributed by atoms with E-state index in [1.165, 1.54) is 12.8 Å². The van der Waals surface area contributed by atoms with Crippen molar-refractivity contribution in [2.45, 2.75) is 31.7 Å². The molecule has 0 aromatic rings. The molecule has 1 fully saturated rings. The fourth-order valence-corrected chi connectivity index (χ4v) is 1.59. The van der Waals surface area contributed by atoms with Gasteiger partial charge in [0.2, 0.25) is 0 Å². The molecule has 0 unspecified atom stereocenters. The van der Waals surface area contributed by atoms with Crippen LogP contribution < -0.4 is 5.73 Å². The lowest BCUT2D eigenvalue weighted by molar-refractivity contribution is 0.251. The Labute approximate surface area is 56.1 Å². The van der Waals surface area contributed by atoms with Crippen molar-refractivity contribution >= 4 is 0 Å². The van der Waals surface area contributed by atoms with Crippen LogP contribution in [0.3, 0.4) is 0 Å². The monoisotopic (exact) mass is 129 g/mol. The smallest absolute Gasteiger partial charge is 0.0434 e. The van der Waals surface area contributed by atoms with E-state index in [1.807, 2.05) is 0 Å². The lowest BCUT2D eigenvalue weighted by Crippen LogP contribution is -2.24. The number of nitrogens with two attached hydrogens (primary N) is 1. The first-order chi connectivity index (χ1) is 4.34. The highest BCUT2D eigenvalue weighted by atomic mass is 16.3. The maximum absolute atomic E-state index is 8.59. The summed E-state index contributed by atoms with van der Waals surface area (Å²) in [6, 6.07) is 0.372. The van der Waals surface area contributed by atoms with Crippen LogP contribution in [0.15, 0.2) is 0 Å². The summed E-state index contributed by atoms with van der Waals surface area (Å²) in [5, 5.41) is 8.59. The Morgan fingerprint density at radius 1 is 1.44 bits per heavy atom. The molecule has 2 atom stereocenters. The normalized spacial score (nSPS) is 35.3. The van der Waals surface area contributed by atoms with E-state index in [0.29, 0.717) is 18.6 Å². The fraction of sp³-hybridized carbons (Fsp3) is 1.00. The second-order valence-corrected chi connectivity index (χ2v) is 2.87. The number of rotatable bonds is 2.